The smallest absolute Gasteiger partial charge is 0.341 e. The summed E-state index contributed by atoms with van der Waals surface area (Å²) in [6.07, 6.45) is -0.450. The van der Waals surface area contributed by atoms with Crippen molar-refractivity contribution in [2.75, 3.05) is 20.3 Å². The molecule has 0 radical (unpaired) electrons. The molecule has 0 aliphatic heterocycles. The molecule has 1 unspecified atom stereocenters. The molecule has 1 rings (SSSR count). The van der Waals surface area contributed by atoms with Gasteiger partial charge in [-0.05, 0) is 13.0 Å². The van der Waals surface area contributed by atoms with E-state index in [0.717, 1.165) is 5.56 Å². The number of ether oxygens (including phenoxy) is 2. The summed E-state index contributed by atoms with van der Waals surface area (Å²) in [5.74, 6) is -0.156. The summed E-state index contributed by atoms with van der Waals surface area (Å²) < 4.78 is 10.4. The monoisotopic (exact) mass is 269 g/mol. The van der Waals surface area contributed by atoms with E-state index in [1.165, 1.54) is 7.11 Å². The second-order valence-corrected chi connectivity index (χ2v) is 4.11. The second kappa shape index (κ2) is 7.60. The number of aliphatic carboxylic acids is 1. The lowest BCUT2D eigenvalue weighted by molar-refractivity contribution is -0.139. The average molecular weight is 269 g/mol. The number of aliphatic hydroxyl groups is 1. The Kier molecular flexibility index (Phi) is 6.11. The fourth-order valence-corrected chi connectivity index (χ4v) is 1.57. The molecule has 0 aliphatic rings. The highest BCUT2D eigenvalue weighted by molar-refractivity contribution is 5.68. The maximum atomic E-state index is 10.6. The number of benzene rings is 1. The molecule has 19 heavy (non-hydrogen) atoms. The molecule has 0 aromatic heterocycles. The molecule has 106 valence electrons. The quantitative estimate of drug-likeness (QED) is 0.641. The Morgan fingerprint density at radius 3 is 2.79 bits per heavy atom. The number of aliphatic hydroxyl groups excluding tert-OH is 1. The fraction of sp³-hybridized carbons (Fsp3) is 0.462. The van der Waals surface area contributed by atoms with Gasteiger partial charge in [0, 0.05) is 18.7 Å². The van der Waals surface area contributed by atoms with Crippen molar-refractivity contribution in [2.45, 2.75) is 19.6 Å². The minimum Gasteiger partial charge on any atom is -0.493 e. The van der Waals surface area contributed by atoms with E-state index in [2.05, 4.69) is 5.32 Å². The Balaban J connectivity index is 2.79. The van der Waals surface area contributed by atoms with E-state index in [9.17, 15) is 9.90 Å². The van der Waals surface area contributed by atoms with Crippen molar-refractivity contribution in [1.82, 2.24) is 5.32 Å². The first-order valence-electron chi connectivity index (χ1n) is 5.93. The first-order valence-corrected chi connectivity index (χ1v) is 5.93. The van der Waals surface area contributed by atoms with E-state index < -0.39 is 18.7 Å². The van der Waals surface area contributed by atoms with Crippen LogP contribution in [0, 0.1) is 0 Å². The first kappa shape index (κ1) is 15.3. The highest BCUT2D eigenvalue weighted by Gasteiger charge is 2.12. The maximum absolute atomic E-state index is 10.6. The Morgan fingerprint density at radius 1 is 1.47 bits per heavy atom. The van der Waals surface area contributed by atoms with Crippen molar-refractivity contribution in [2.24, 2.45) is 0 Å². The van der Waals surface area contributed by atoms with Crippen molar-refractivity contribution < 1.29 is 24.5 Å². The minimum absolute atomic E-state index is 0.408. The number of carbonyl (C=O) groups is 1. The predicted octanol–water partition coefficient (Wildman–Crippen LogP) is 0.629. The largest absolute Gasteiger partial charge is 0.493 e. The van der Waals surface area contributed by atoms with Crippen LogP contribution in [0.25, 0.3) is 0 Å². The van der Waals surface area contributed by atoms with E-state index in [0.29, 0.717) is 24.6 Å². The van der Waals surface area contributed by atoms with Gasteiger partial charge >= 0.3 is 5.97 Å². The third-order valence-corrected chi connectivity index (χ3v) is 2.38. The van der Waals surface area contributed by atoms with Gasteiger partial charge < -0.3 is 25.0 Å². The summed E-state index contributed by atoms with van der Waals surface area (Å²) in [5.41, 5.74) is 0.779. The van der Waals surface area contributed by atoms with Crippen molar-refractivity contribution in [3.05, 3.63) is 23.8 Å². The molecule has 1 atom stereocenters. The molecule has 3 N–H and O–H groups in total. The minimum atomic E-state index is -1.05. The lowest BCUT2D eigenvalue weighted by atomic mass is 10.2. The van der Waals surface area contributed by atoms with Crippen LogP contribution in [0.1, 0.15) is 12.5 Å². The van der Waals surface area contributed by atoms with Crippen LogP contribution in [0.15, 0.2) is 18.2 Å². The van der Waals surface area contributed by atoms with Gasteiger partial charge in [0.05, 0.1) is 13.2 Å². The molecule has 0 saturated heterocycles. The lowest BCUT2D eigenvalue weighted by Crippen LogP contribution is -2.24. The third kappa shape index (κ3) is 5.15. The van der Waals surface area contributed by atoms with Crippen LogP contribution >= 0.6 is 0 Å². The summed E-state index contributed by atoms with van der Waals surface area (Å²) in [6.45, 7) is 2.15. The zero-order chi connectivity index (χ0) is 14.3. The molecular formula is C13H19NO5. The summed E-state index contributed by atoms with van der Waals surface area (Å²) >= 11 is 0. The number of nitrogens with one attached hydrogen (secondary N) is 1. The highest BCUT2D eigenvalue weighted by atomic mass is 16.5. The molecule has 0 bridgehead atoms. The maximum Gasteiger partial charge on any atom is 0.341 e. The molecule has 0 fully saturated rings. The number of carboxylic acids is 1. The molecule has 0 heterocycles. The molecule has 0 aliphatic carbocycles. The van der Waals surface area contributed by atoms with E-state index in [4.69, 9.17) is 14.6 Å². The molecule has 6 nitrogen and oxygen atoms in total. The van der Waals surface area contributed by atoms with Crippen molar-refractivity contribution in [3.8, 4) is 11.5 Å². The number of hydrogen-bond donors (Lipinski definition) is 3. The molecular weight excluding hydrogens is 250 g/mol. The number of para-hydroxylation sites is 1. The predicted molar refractivity (Wildman–Crippen MR) is 69.5 cm³/mol. The lowest BCUT2D eigenvalue weighted by Gasteiger charge is -2.15. The van der Waals surface area contributed by atoms with Crippen LogP contribution in [0.4, 0.5) is 0 Å². The van der Waals surface area contributed by atoms with E-state index in [-0.39, 0.29) is 0 Å². The average Bonchev–Trinajstić information content (AvgIpc) is 2.36. The standard InChI is InChI=1S/C13H19NO5/c1-9(15)6-14-7-10-4-3-5-11(18-2)13(10)19-8-12(16)17/h3-5,9,14-15H,6-8H2,1-2H3,(H,16,17). The van der Waals surface area contributed by atoms with Crippen LogP contribution in [-0.2, 0) is 11.3 Å². The third-order valence-electron chi connectivity index (χ3n) is 2.38. The van der Waals surface area contributed by atoms with Gasteiger partial charge in [0.25, 0.3) is 0 Å². The van der Waals surface area contributed by atoms with Crippen LogP contribution in [0.3, 0.4) is 0 Å². The first-order chi connectivity index (χ1) is 9.04. The van der Waals surface area contributed by atoms with Crippen LogP contribution in [-0.4, -0.2) is 42.5 Å². The van der Waals surface area contributed by atoms with Gasteiger partial charge in [0.1, 0.15) is 0 Å². The van der Waals surface area contributed by atoms with Gasteiger partial charge in [0.2, 0.25) is 0 Å². The Hall–Kier alpha value is -1.79. The summed E-state index contributed by atoms with van der Waals surface area (Å²) in [4.78, 5) is 10.6. The summed E-state index contributed by atoms with van der Waals surface area (Å²) in [6, 6.07) is 5.32. The summed E-state index contributed by atoms with van der Waals surface area (Å²) in [7, 11) is 1.50. The van der Waals surface area contributed by atoms with Gasteiger partial charge in [-0.25, -0.2) is 4.79 Å². The normalized spacial score (nSPS) is 11.9. The second-order valence-electron chi connectivity index (χ2n) is 4.11. The number of hydrogen-bond acceptors (Lipinski definition) is 5. The number of carboxylic acid groups (broad SMARTS) is 1. The van der Waals surface area contributed by atoms with Crippen LogP contribution < -0.4 is 14.8 Å². The van der Waals surface area contributed by atoms with Crippen molar-refractivity contribution in [1.29, 1.82) is 0 Å². The number of methoxy groups -OCH3 is 1. The molecule has 0 saturated carbocycles. The number of rotatable bonds is 8. The van der Waals surface area contributed by atoms with Crippen molar-refractivity contribution in [3.63, 3.8) is 0 Å². The van der Waals surface area contributed by atoms with Crippen LogP contribution in [0.5, 0.6) is 11.5 Å². The molecule has 1 aromatic carbocycles. The van der Waals surface area contributed by atoms with Crippen LogP contribution in [0.2, 0.25) is 0 Å². The fourth-order valence-electron chi connectivity index (χ4n) is 1.57. The van der Waals surface area contributed by atoms with Gasteiger partial charge in [-0.15, -0.1) is 0 Å². The van der Waals surface area contributed by atoms with Crippen molar-refractivity contribution >= 4 is 5.97 Å². The Morgan fingerprint density at radius 2 is 2.21 bits per heavy atom. The van der Waals surface area contributed by atoms with E-state index in [1.54, 1.807) is 19.1 Å². The van der Waals surface area contributed by atoms with Gasteiger partial charge in [-0.2, -0.15) is 0 Å². The van der Waals surface area contributed by atoms with E-state index >= 15 is 0 Å². The Labute approximate surface area is 112 Å². The highest BCUT2D eigenvalue weighted by Crippen LogP contribution is 2.30. The molecule has 6 heteroatoms. The topological polar surface area (TPSA) is 88.0 Å². The van der Waals surface area contributed by atoms with Gasteiger partial charge in [0.15, 0.2) is 18.1 Å². The zero-order valence-corrected chi connectivity index (χ0v) is 11.0. The zero-order valence-electron chi connectivity index (χ0n) is 11.0. The molecule has 1 aromatic rings. The SMILES string of the molecule is COc1cccc(CNCC(C)O)c1OCC(=O)O. The summed E-state index contributed by atoms with van der Waals surface area (Å²) in [5, 5.41) is 20.9. The van der Waals surface area contributed by atoms with E-state index in [1.807, 2.05) is 6.07 Å². The Bertz CT molecular complexity index is 419. The van der Waals surface area contributed by atoms with Gasteiger partial charge in [-0.1, -0.05) is 12.1 Å². The molecule has 0 amide bonds. The molecule has 0 spiro atoms. The van der Waals surface area contributed by atoms with Gasteiger partial charge in [-0.3, -0.25) is 0 Å².